The maximum absolute atomic E-state index is 12.6. The molecule has 0 saturated carbocycles. The molecule has 3 rings (SSSR count). The van der Waals surface area contributed by atoms with Gasteiger partial charge >= 0.3 is 12.1 Å². The van der Waals surface area contributed by atoms with Gasteiger partial charge in [-0.3, -0.25) is 9.59 Å². The normalized spacial score (nSPS) is 11.0. The first-order chi connectivity index (χ1) is 16.7. The molecule has 1 amide bonds. The van der Waals surface area contributed by atoms with E-state index in [1.165, 1.54) is 25.4 Å². The minimum absolute atomic E-state index is 0.0544. The van der Waals surface area contributed by atoms with E-state index in [9.17, 15) is 27.6 Å². The number of Topliss-reactive ketones (excluding diaryl/α,β-unsaturated/α-hetero) is 1. The second kappa shape index (κ2) is 11.5. The predicted octanol–water partition coefficient (Wildman–Crippen LogP) is 4.27. The van der Waals surface area contributed by atoms with Crippen molar-refractivity contribution in [3.63, 3.8) is 0 Å². The highest BCUT2D eigenvalue weighted by Gasteiger charge is 2.30. The number of ether oxygens (including phenoxy) is 2. The van der Waals surface area contributed by atoms with Crippen LogP contribution in [0.5, 0.6) is 5.75 Å². The van der Waals surface area contributed by atoms with E-state index in [1.54, 1.807) is 24.3 Å². The molecule has 12 heteroatoms. The molecule has 0 saturated heterocycles. The molecule has 0 aliphatic heterocycles. The number of nitrogens with one attached hydrogen (secondary N) is 1. The van der Waals surface area contributed by atoms with Crippen molar-refractivity contribution >= 4 is 35.2 Å². The van der Waals surface area contributed by atoms with E-state index >= 15 is 0 Å². The number of amides is 1. The van der Waals surface area contributed by atoms with Gasteiger partial charge in [-0.05, 0) is 48.5 Å². The van der Waals surface area contributed by atoms with Crippen LogP contribution < -0.4 is 10.1 Å². The molecular formula is C23H18F3N3O5S. The maximum Gasteiger partial charge on any atom is 0.417 e. The number of benzene rings is 1. The van der Waals surface area contributed by atoms with Gasteiger partial charge in [-0.1, -0.05) is 11.8 Å². The molecule has 1 N–H and O–H groups in total. The third-order valence-electron chi connectivity index (χ3n) is 4.44. The number of rotatable bonds is 9. The number of hydrogen-bond acceptors (Lipinski definition) is 8. The van der Waals surface area contributed by atoms with Crippen LogP contribution in [-0.4, -0.2) is 47.1 Å². The summed E-state index contributed by atoms with van der Waals surface area (Å²) in [5.74, 6) is -1.46. The van der Waals surface area contributed by atoms with Crippen molar-refractivity contribution in [1.29, 1.82) is 0 Å². The summed E-state index contributed by atoms with van der Waals surface area (Å²) in [5.41, 5.74) is -0.541. The summed E-state index contributed by atoms with van der Waals surface area (Å²) >= 11 is 0.914. The number of alkyl halides is 3. The minimum Gasteiger partial charge on any atom is -0.497 e. The molecule has 182 valence electrons. The lowest BCUT2D eigenvalue weighted by molar-refractivity contribution is -0.137. The van der Waals surface area contributed by atoms with Crippen LogP contribution in [0, 0.1) is 0 Å². The molecule has 0 aliphatic carbocycles. The fourth-order valence-corrected chi connectivity index (χ4v) is 3.46. The van der Waals surface area contributed by atoms with E-state index in [1.807, 2.05) is 0 Å². The first kappa shape index (κ1) is 25.7. The summed E-state index contributed by atoms with van der Waals surface area (Å²) in [4.78, 5) is 44.6. The number of esters is 1. The molecule has 0 bridgehead atoms. The highest BCUT2D eigenvalue weighted by atomic mass is 32.2. The van der Waals surface area contributed by atoms with E-state index in [0.29, 0.717) is 17.5 Å². The van der Waals surface area contributed by atoms with Gasteiger partial charge in [-0.2, -0.15) is 13.2 Å². The van der Waals surface area contributed by atoms with Crippen LogP contribution >= 0.6 is 11.8 Å². The number of ketones is 1. The van der Waals surface area contributed by atoms with Crippen molar-refractivity contribution in [3.8, 4) is 5.75 Å². The Bertz CT molecular complexity index is 1200. The molecule has 8 nitrogen and oxygen atoms in total. The molecule has 3 aromatic rings. The summed E-state index contributed by atoms with van der Waals surface area (Å²) in [5, 5.41) is 2.56. The van der Waals surface area contributed by atoms with E-state index < -0.39 is 36.0 Å². The molecular weight excluding hydrogens is 487 g/mol. The number of anilines is 1. The zero-order valence-corrected chi connectivity index (χ0v) is 19.0. The maximum atomic E-state index is 12.6. The van der Waals surface area contributed by atoms with Gasteiger partial charge in [-0.15, -0.1) is 0 Å². The fourth-order valence-electron chi connectivity index (χ4n) is 2.68. The largest absolute Gasteiger partial charge is 0.497 e. The Morgan fingerprint density at radius 3 is 2.40 bits per heavy atom. The van der Waals surface area contributed by atoms with Gasteiger partial charge < -0.3 is 14.8 Å². The molecule has 0 radical (unpaired) electrons. The SMILES string of the molecule is COc1ccc(C(=O)COC(=O)c2cccnc2SCC(=O)Nc2ccc(C(F)(F)F)cn2)cc1. The Balaban J connectivity index is 1.55. The zero-order valence-electron chi connectivity index (χ0n) is 18.2. The molecule has 0 unspecified atom stereocenters. The highest BCUT2D eigenvalue weighted by Crippen LogP contribution is 2.29. The number of hydrogen-bond donors (Lipinski definition) is 1. The van der Waals surface area contributed by atoms with Crippen LogP contribution in [-0.2, 0) is 15.7 Å². The van der Waals surface area contributed by atoms with Crippen LogP contribution in [0.25, 0.3) is 0 Å². The van der Waals surface area contributed by atoms with Crippen molar-refractivity contribution in [2.45, 2.75) is 11.2 Å². The fraction of sp³-hybridized carbons (Fsp3) is 0.174. The van der Waals surface area contributed by atoms with Gasteiger partial charge in [0.2, 0.25) is 5.91 Å². The Hall–Kier alpha value is -3.93. The Kier molecular flexibility index (Phi) is 8.42. The van der Waals surface area contributed by atoms with Gasteiger partial charge in [0.25, 0.3) is 0 Å². The number of carbonyl (C=O) groups is 3. The highest BCUT2D eigenvalue weighted by molar-refractivity contribution is 8.00. The molecule has 2 aromatic heterocycles. The predicted molar refractivity (Wildman–Crippen MR) is 120 cm³/mol. The first-order valence-electron chi connectivity index (χ1n) is 9.92. The van der Waals surface area contributed by atoms with Crippen molar-refractivity contribution in [3.05, 3.63) is 77.6 Å². The first-order valence-corrected chi connectivity index (χ1v) is 10.9. The number of halogens is 3. The topological polar surface area (TPSA) is 107 Å². The lowest BCUT2D eigenvalue weighted by Gasteiger charge is -2.09. The average molecular weight is 505 g/mol. The monoisotopic (exact) mass is 505 g/mol. The molecule has 0 spiro atoms. The van der Waals surface area contributed by atoms with Crippen LogP contribution in [0.1, 0.15) is 26.3 Å². The van der Waals surface area contributed by atoms with Gasteiger partial charge in [0.15, 0.2) is 12.4 Å². The van der Waals surface area contributed by atoms with Crippen LogP contribution in [0.3, 0.4) is 0 Å². The van der Waals surface area contributed by atoms with E-state index in [0.717, 1.165) is 23.9 Å². The van der Waals surface area contributed by atoms with Crippen LogP contribution in [0.2, 0.25) is 0 Å². The second-order valence-electron chi connectivity index (χ2n) is 6.85. The Morgan fingerprint density at radius 2 is 1.77 bits per heavy atom. The lowest BCUT2D eigenvalue weighted by Crippen LogP contribution is -2.17. The quantitative estimate of drug-likeness (QED) is 0.261. The van der Waals surface area contributed by atoms with E-state index in [2.05, 4.69) is 15.3 Å². The molecule has 2 heterocycles. The second-order valence-corrected chi connectivity index (χ2v) is 7.81. The van der Waals surface area contributed by atoms with Crippen molar-refractivity contribution < 1.29 is 37.0 Å². The molecule has 0 fully saturated rings. The number of methoxy groups -OCH3 is 1. The molecule has 1 aromatic carbocycles. The third-order valence-corrected chi connectivity index (χ3v) is 5.44. The van der Waals surface area contributed by atoms with Crippen LogP contribution in [0.15, 0.2) is 66.0 Å². The van der Waals surface area contributed by atoms with Crippen LogP contribution in [0.4, 0.5) is 19.0 Å². The summed E-state index contributed by atoms with van der Waals surface area (Å²) in [6.45, 7) is -0.496. The van der Waals surface area contributed by atoms with Gasteiger partial charge in [0.05, 0.1) is 24.0 Å². The number of pyridine rings is 2. The summed E-state index contributed by atoms with van der Waals surface area (Å²) in [7, 11) is 1.50. The van der Waals surface area contributed by atoms with Gasteiger partial charge in [0, 0.05) is 18.0 Å². The van der Waals surface area contributed by atoms with E-state index in [4.69, 9.17) is 9.47 Å². The molecule has 35 heavy (non-hydrogen) atoms. The number of thioether (sulfide) groups is 1. The van der Waals surface area contributed by atoms with Gasteiger partial charge in [0.1, 0.15) is 16.6 Å². The minimum atomic E-state index is -4.53. The Morgan fingerprint density at radius 1 is 1.03 bits per heavy atom. The van der Waals surface area contributed by atoms with Crippen molar-refractivity contribution in [2.75, 3.05) is 24.8 Å². The summed E-state index contributed by atoms with van der Waals surface area (Å²) in [6.07, 6.45) is -2.51. The smallest absolute Gasteiger partial charge is 0.417 e. The van der Waals surface area contributed by atoms with Crippen molar-refractivity contribution in [1.82, 2.24) is 9.97 Å². The zero-order chi connectivity index (χ0) is 25.4. The number of nitrogens with zero attached hydrogens (tertiary/aromatic N) is 2. The Labute approximate surface area is 201 Å². The average Bonchev–Trinajstić information content (AvgIpc) is 2.86. The summed E-state index contributed by atoms with van der Waals surface area (Å²) < 4.78 is 48.0. The molecule has 0 aliphatic rings. The number of aromatic nitrogens is 2. The summed E-state index contributed by atoms with van der Waals surface area (Å²) in [6, 6.07) is 11.1. The standard InChI is InChI=1S/C23H18F3N3O5S/c1-33-16-7-4-14(5-8-16)18(30)12-34-22(32)17-3-2-10-27-21(17)35-13-20(31)29-19-9-6-15(11-28-19)23(24,25)26/h2-11H,12-13H2,1H3,(H,28,29,31). The third kappa shape index (κ3) is 7.27. The van der Waals surface area contributed by atoms with Gasteiger partial charge in [-0.25, -0.2) is 14.8 Å². The van der Waals surface area contributed by atoms with E-state index in [-0.39, 0.29) is 22.2 Å². The molecule has 0 atom stereocenters. The number of carbonyl (C=O) groups excluding carboxylic acids is 3. The van der Waals surface area contributed by atoms with Crippen molar-refractivity contribution in [2.24, 2.45) is 0 Å². The lowest BCUT2D eigenvalue weighted by atomic mass is 10.1.